The molecule has 1 N–H and O–H groups in total. The number of hydrogen-bond acceptors (Lipinski definition) is 5. The number of amides is 1. The standard InChI is InChI=1S/C26H21N3O4/c30-26(16-19-8-12-23(13-9-19)29(31)32)28-27-17-20-10-14-24(15-11-20)33-18-22-6-3-5-21-4-1-2-7-25(21)22/h1-15,17H,16,18H2,(H,28,30)/b27-17+. The Morgan fingerprint density at radius 2 is 1.67 bits per heavy atom. The van der Waals surface area contributed by atoms with Crippen molar-refractivity contribution in [2.75, 3.05) is 0 Å². The number of ether oxygens (including phenoxy) is 1. The highest BCUT2D eigenvalue weighted by Crippen LogP contribution is 2.21. The van der Waals surface area contributed by atoms with Crippen LogP contribution in [0.1, 0.15) is 16.7 Å². The largest absolute Gasteiger partial charge is 0.489 e. The summed E-state index contributed by atoms with van der Waals surface area (Å²) in [5.41, 5.74) is 5.04. The number of nitro groups is 1. The molecule has 0 unspecified atom stereocenters. The highest BCUT2D eigenvalue weighted by molar-refractivity contribution is 5.85. The Labute approximate surface area is 190 Å². The molecule has 164 valence electrons. The number of nitrogens with zero attached hydrogens (tertiary/aromatic N) is 2. The van der Waals surface area contributed by atoms with Crippen molar-refractivity contribution in [2.24, 2.45) is 5.10 Å². The summed E-state index contributed by atoms with van der Waals surface area (Å²) >= 11 is 0. The van der Waals surface area contributed by atoms with E-state index in [2.05, 4.69) is 34.8 Å². The topological polar surface area (TPSA) is 93.8 Å². The molecule has 0 radical (unpaired) electrons. The number of fused-ring (bicyclic) bond motifs is 1. The van der Waals surface area contributed by atoms with E-state index in [1.54, 1.807) is 18.3 Å². The summed E-state index contributed by atoms with van der Waals surface area (Å²) in [5, 5.41) is 17.0. The lowest BCUT2D eigenvalue weighted by Gasteiger charge is -2.09. The van der Waals surface area contributed by atoms with Crippen molar-refractivity contribution in [3.05, 3.63) is 118 Å². The molecule has 0 fully saturated rings. The van der Waals surface area contributed by atoms with E-state index >= 15 is 0 Å². The third kappa shape index (κ3) is 5.80. The van der Waals surface area contributed by atoms with Gasteiger partial charge in [0.15, 0.2) is 0 Å². The summed E-state index contributed by atoms with van der Waals surface area (Å²) in [5.74, 6) is 0.428. The van der Waals surface area contributed by atoms with Gasteiger partial charge in [-0.2, -0.15) is 5.10 Å². The van der Waals surface area contributed by atoms with Crippen LogP contribution in [0.5, 0.6) is 5.75 Å². The van der Waals surface area contributed by atoms with Crippen LogP contribution >= 0.6 is 0 Å². The van der Waals surface area contributed by atoms with Gasteiger partial charge in [0.2, 0.25) is 5.91 Å². The van der Waals surface area contributed by atoms with Crippen LogP contribution in [0, 0.1) is 10.1 Å². The molecule has 7 heteroatoms. The number of nitro benzene ring substituents is 1. The van der Waals surface area contributed by atoms with Crippen molar-refractivity contribution in [3.8, 4) is 5.75 Å². The minimum absolute atomic E-state index is 0.0123. The molecule has 4 aromatic rings. The zero-order valence-electron chi connectivity index (χ0n) is 17.7. The third-order valence-electron chi connectivity index (χ3n) is 5.07. The zero-order chi connectivity index (χ0) is 23.0. The maximum atomic E-state index is 12.0. The van der Waals surface area contributed by atoms with Crippen LogP contribution in [0.15, 0.2) is 96.1 Å². The predicted octanol–water partition coefficient (Wildman–Crippen LogP) is 5.02. The molecule has 0 aromatic heterocycles. The van der Waals surface area contributed by atoms with Gasteiger partial charge in [0.25, 0.3) is 5.69 Å². The average Bonchev–Trinajstić information content (AvgIpc) is 2.84. The fraction of sp³-hybridized carbons (Fsp3) is 0.0769. The molecule has 0 saturated heterocycles. The van der Waals surface area contributed by atoms with Crippen LogP contribution in [-0.4, -0.2) is 17.0 Å². The summed E-state index contributed by atoms with van der Waals surface area (Å²) in [6, 6.07) is 27.6. The van der Waals surface area contributed by atoms with Gasteiger partial charge in [0.1, 0.15) is 12.4 Å². The molecule has 0 heterocycles. The van der Waals surface area contributed by atoms with Crippen LogP contribution in [0.3, 0.4) is 0 Å². The van der Waals surface area contributed by atoms with Crippen molar-refractivity contribution in [2.45, 2.75) is 13.0 Å². The van der Waals surface area contributed by atoms with Gasteiger partial charge in [-0.1, -0.05) is 54.6 Å². The minimum Gasteiger partial charge on any atom is -0.489 e. The SMILES string of the molecule is O=C(Cc1ccc([N+](=O)[O-])cc1)N/N=C/c1ccc(OCc2cccc3ccccc23)cc1. The number of rotatable bonds is 8. The molecule has 0 aliphatic heterocycles. The maximum Gasteiger partial charge on any atom is 0.269 e. The predicted molar refractivity (Wildman–Crippen MR) is 127 cm³/mol. The number of nitrogens with one attached hydrogen (secondary N) is 1. The first-order chi connectivity index (χ1) is 16.1. The van der Waals surface area contributed by atoms with Gasteiger partial charge in [-0.15, -0.1) is 0 Å². The molecule has 33 heavy (non-hydrogen) atoms. The van der Waals surface area contributed by atoms with Gasteiger partial charge < -0.3 is 4.74 Å². The van der Waals surface area contributed by atoms with Crippen molar-refractivity contribution in [3.63, 3.8) is 0 Å². The van der Waals surface area contributed by atoms with E-state index < -0.39 is 4.92 Å². The van der Waals surface area contributed by atoms with Crippen molar-refractivity contribution in [1.82, 2.24) is 5.43 Å². The molecule has 4 rings (SSSR count). The molecular weight excluding hydrogens is 418 g/mol. The fourth-order valence-corrected chi connectivity index (χ4v) is 3.37. The molecule has 0 aliphatic rings. The van der Waals surface area contributed by atoms with Crippen LogP contribution in [0.25, 0.3) is 10.8 Å². The number of carbonyl (C=O) groups is 1. The molecular formula is C26H21N3O4. The van der Waals surface area contributed by atoms with E-state index in [4.69, 9.17) is 4.74 Å². The molecule has 1 amide bonds. The highest BCUT2D eigenvalue weighted by atomic mass is 16.6. The van der Waals surface area contributed by atoms with Gasteiger partial charge in [-0.05, 0) is 51.7 Å². The summed E-state index contributed by atoms with van der Waals surface area (Å²) < 4.78 is 5.93. The Morgan fingerprint density at radius 3 is 2.42 bits per heavy atom. The van der Waals surface area contributed by atoms with E-state index in [0.29, 0.717) is 12.2 Å². The molecule has 0 saturated carbocycles. The minimum atomic E-state index is -0.478. The number of hydrazone groups is 1. The molecule has 0 spiro atoms. The average molecular weight is 439 g/mol. The van der Waals surface area contributed by atoms with Gasteiger partial charge in [0, 0.05) is 12.1 Å². The number of benzene rings is 4. The number of non-ortho nitro benzene ring substituents is 1. The Kier molecular flexibility index (Phi) is 6.70. The van der Waals surface area contributed by atoms with Gasteiger partial charge in [-0.3, -0.25) is 14.9 Å². The normalized spacial score (nSPS) is 10.9. The van der Waals surface area contributed by atoms with Crippen LogP contribution in [-0.2, 0) is 17.8 Å². The molecule has 0 bridgehead atoms. The molecule has 0 aliphatic carbocycles. The molecule has 0 atom stereocenters. The quantitative estimate of drug-likeness (QED) is 0.237. The van der Waals surface area contributed by atoms with Gasteiger partial charge >= 0.3 is 0 Å². The lowest BCUT2D eigenvalue weighted by molar-refractivity contribution is -0.384. The zero-order valence-corrected chi connectivity index (χ0v) is 17.7. The monoisotopic (exact) mass is 439 g/mol. The van der Waals surface area contributed by atoms with Crippen LogP contribution in [0.4, 0.5) is 5.69 Å². The Hall–Kier alpha value is -4.52. The Balaban J connectivity index is 1.28. The number of carbonyl (C=O) groups excluding carboxylic acids is 1. The van der Waals surface area contributed by atoms with Gasteiger partial charge in [-0.25, -0.2) is 5.43 Å². The second-order valence-electron chi connectivity index (χ2n) is 7.39. The first kappa shape index (κ1) is 21.7. The summed E-state index contributed by atoms with van der Waals surface area (Å²) in [7, 11) is 0. The van der Waals surface area contributed by atoms with Crippen molar-refractivity contribution < 1.29 is 14.5 Å². The molecule has 7 nitrogen and oxygen atoms in total. The van der Waals surface area contributed by atoms with Crippen molar-refractivity contribution in [1.29, 1.82) is 0 Å². The van der Waals surface area contributed by atoms with E-state index in [9.17, 15) is 14.9 Å². The van der Waals surface area contributed by atoms with E-state index in [0.717, 1.165) is 16.9 Å². The lowest BCUT2D eigenvalue weighted by atomic mass is 10.1. The summed E-state index contributed by atoms with van der Waals surface area (Å²) in [4.78, 5) is 22.2. The van der Waals surface area contributed by atoms with Crippen LogP contribution < -0.4 is 10.2 Å². The number of hydrogen-bond donors (Lipinski definition) is 1. The summed E-state index contributed by atoms with van der Waals surface area (Å²) in [6.45, 7) is 0.466. The van der Waals surface area contributed by atoms with Crippen LogP contribution in [0.2, 0.25) is 0 Å². The molecule has 4 aromatic carbocycles. The maximum absolute atomic E-state index is 12.0. The lowest BCUT2D eigenvalue weighted by Crippen LogP contribution is -2.19. The first-order valence-corrected chi connectivity index (χ1v) is 10.3. The van der Waals surface area contributed by atoms with E-state index in [1.807, 2.05) is 42.5 Å². The Bertz CT molecular complexity index is 1290. The van der Waals surface area contributed by atoms with Gasteiger partial charge in [0.05, 0.1) is 17.6 Å². The Morgan fingerprint density at radius 1 is 0.939 bits per heavy atom. The highest BCUT2D eigenvalue weighted by Gasteiger charge is 2.07. The fourth-order valence-electron chi connectivity index (χ4n) is 3.37. The smallest absolute Gasteiger partial charge is 0.269 e. The van der Waals surface area contributed by atoms with Crippen molar-refractivity contribution >= 4 is 28.6 Å². The first-order valence-electron chi connectivity index (χ1n) is 10.3. The third-order valence-corrected chi connectivity index (χ3v) is 5.07. The summed E-state index contributed by atoms with van der Waals surface area (Å²) in [6.07, 6.45) is 1.62. The van der Waals surface area contributed by atoms with E-state index in [-0.39, 0.29) is 18.0 Å². The second-order valence-corrected chi connectivity index (χ2v) is 7.39. The second kappa shape index (κ2) is 10.2. The van der Waals surface area contributed by atoms with E-state index in [1.165, 1.54) is 22.9 Å².